The summed E-state index contributed by atoms with van der Waals surface area (Å²) in [6.07, 6.45) is 3.74. The second kappa shape index (κ2) is 11.5. The van der Waals surface area contributed by atoms with E-state index in [9.17, 15) is 13.9 Å². The number of nitrogens with one attached hydrogen (secondary N) is 2. The fraction of sp³-hybridized carbons (Fsp3) is 0.444. The van der Waals surface area contributed by atoms with Gasteiger partial charge in [-0.05, 0) is 52.4 Å². The number of hydrogen-bond donors (Lipinski definition) is 4. The number of anilines is 6. The average Bonchev–Trinajstić information content (AvgIpc) is 3.33. The lowest BCUT2D eigenvalue weighted by atomic mass is 9.91. The van der Waals surface area contributed by atoms with Crippen LogP contribution in [0.3, 0.4) is 0 Å². The fourth-order valence-corrected chi connectivity index (χ4v) is 4.81. The highest BCUT2D eigenvalue weighted by atomic mass is 19.2. The Morgan fingerprint density at radius 2 is 1.79 bits per heavy atom. The summed E-state index contributed by atoms with van der Waals surface area (Å²) in [6.45, 7) is 5.11. The van der Waals surface area contributed by atoms with E-state index in [1.54, 1.807) is 20.1 Å². The highest BCUT2D eigenvalue weighted by Gasteiger charge is 2.28. The molecule has 1 aliphatic rings. The molecule has 12 heteroatoms. The normalized spacial score (nSPS) is 16.8. The Morgan fingerprint density at radius 1 is 1.13 bits per heavy atom. The quantitative estimate of drug-likeness (QED) is 0.274. The molecule has 1 unspecified atom stereocenters. The summed E-state index contributed by atoms with van der Waals surface area (Å²) in [5, 5.41) is 16.7. The minimum absolute atomic E-state index is 0.0683. The van der Waals surface area contributed by atoms with Crippen molar-refractivity contribution >= 4 is 34.6 Å². The van der Waals surface area contributed by atoms with Gasteiger partial charge in [0.2, 0.25) is 11.9 Å². The van der Waals surface area contributed by atoms with Gasteiger partial charge in [-0.15, -0.1) is 0 Å². The van der Waals surface area contributed by atoms with Crippen molar-refractivity contribution in [3.63, 3.8) is 0 Å². The summed E-state index contributed by atoms with van der Waals surface area (Å²) < 4.78 is 33.7. The van der Waals surface area contributed by atoms with Gasteiger partial charge in [0.15, 0.2) is 11.6 Å². The SMILES string of the molecule is CCC(C)(O)c1cc(F)c(F)cc1Nc1ncnc(Nc2cc(N)c(N3CCC[C@H]3CN(C)C)cc2OC)n1. The number of halogens is 2. The second-order valence-corrected chi connectivity index (χ2v) is 10.2. The minimum atomic E-state index is -1.40. The Morgan fingerprint density at radius 3 is 2.44 bits per heavy atom. The second-order valence-electron chi connectivity index (χ2n) is 10.2. The van der Waals surface area contributed by atoms with Gasteiger partial charge in [0.05, 0.1) is 35.5 Å². The van der Waals surface area contributed by atoms with Crippen LogP contribution in [0.4, 0.5) is 43.4 Å². The van der Waals surface area contributed by atoms with E-state index in [2.05, 4.69) is 49.5 Å². The molecule has 1 aromatic heterocycles. The van der Waals surface area contributed by atoms with Crippen molar-refractivity contribution in [2.75, 3.05) is 55.6 Å². The first-order valence-electron chi connectivity index (χ1n) is 12.9. The van der Waals surface area contributed by atoms with Crippen molar-refractivity contribution in [3.05, 3.63) is 47.8 Å². The lowest BCUT2D eigenvalue weighted by Gasteiger charge is -2.30. The Bertz CT molecular complexity index is 1320. The Hall–Kier alpha value is -3.77. The van der Waals surface area contributed by atoms with Crippen LogP contribution in [-0.4, -0.2) is 65.3 Å². The molecule has 3 aromatic rings. The van der Waals surface area contributed by atoms with Crippen LogP contribution in [0.25, 0.3) is 0 Å². The van der Waals surface area contributed by atoms with Crippen LogP contribution in [0, 0.1) is 11.6 Å². The Labute approximate surface area is 227 Å². The van der Waals surface area contributed by atoms with E-state index < -0.39 is 17.2 Å². The van der Waals surface area contributed by atoms with Gasteiger partial charge in [0.1, 0.15) is 12.1 Å². The molecule has 0 aliphatic carbocycles. The van der Waals surface area contributed by atoms with Crippen molar-refractivity contribution in [1.82, 2.24) is 19.9 Å². The van der Waals surface area contributed by atoms with Crippen LogP contribution in [0.15, 0.2) is 30.6 Å². The Kier molecular flexibility index (Phi) is 8.36. The van der Waals surface area contributed by atoms with Gasteiger partial charge in [-0.3, -0.25) is 0 Å². The van der Waals surface area contributed by atoms with E-state index in [1.807, 2.05) is 6.07 Å². The van der Waals surface area contributed by atoms with Gasteiger partial charge in [-0.2, -0.15) is 4.98 Å². The number of aromatic nitrogens is 3. The number of rotatable bonds is 10. The van der Waals surface area contributed by atoms with E-state index >= 15 is 0 Å². The summed E-state index contributed by atoms with van der Waals surface area (Å²) in [5.41, 5.74) is 7.47. The number of aliphatic hydroxyl groups is 1. The van der Waals surface area contributed by atoms with E-state index in [4.69, 9.17) is 10.5 Å². The molecule has 10 nitrogen and oxygen atoms in total. The summed E-state index contributed by atoms with van der Waals surface area (Å²) in [4.78, 5) is 17.1. The van der Waals surface area contributed by atoms with E-state index in [1.165, 1.54) is 13.3 Å². The van der Waals surface area contributed by atoms with Gasteiger partial charge < -0.3 is 36.0 Å². The van der Waals surface area contributed by atoms with E-state index in [0.717, 1.165) is 43.8 Å². The molecule has 1 fully saturated rings. The van der Waals surface area contributed by atoms with Crippen LogP contribution < -0.4 is 26.0 Å². The van der Waals surface area contributed by atoms with Crippen LogP contribution in [0.5, 0.6) is 5.75 Å². The molecule has 210 valence electrons. The molecule has 5 N–H and O–H groups in total. The molecule has 0 bridgehead atoms. The number of nitrogen functional groups attached to an aromatic ring is 1. The van der Waals surface area contributed by atoms with Crippen LogP contribution in [0.2, 0.25) is 0 Å². The topological polar surface area (TPSA) is 125 Å². The first-order chi connectivity index (χ1) is 18.5. The Balaban J connectivity index is 1.60. The fourth-order valence-electron chi connectivity index (χ4n) is 4.81. The zero-order chi connectivity index (χ0) is 28.3. The van der Waals surface area contributed by atoms with Crippen LogP contribution in [-0.2, 0) is 5.60 Å². The summed E-state index contributed by atoms with van der Waals surface area (Å²) in [7, 11) is 5.70. The lowest BCUT2D eigenvalue weighted by Crippen LogP contribution is -2.37. The van der Waals surface area contributed by atoms with Gasteiger partial charge in [0, 0.05) is 36.8 Å². The van der Waals surface area contributed by atoms with Crippen LogP contribution in [0.1, 0.15) is 38.7 Å². The molecule has 1 saturated heterocycles. The molecule has 0 spiro atoms. The number of benzene rings is 2. The molecule has 0 radical (unpaired) electrons. The first kappa shape index (κ1) is 28.2. The minimum Gasteiger partial charge on any atom is -0.494 e. The van der Waals surface area contributed by atoms with Crippen LogP contribution >= 0.6 is 0 Å². The highest BCUT2D eigenvalue weighted by molar-refractivity contribution is 5.79. The lowest BCUT2D eigenvalue weighted by molar-refractivity contribution is 0.0534. The van der Waals surface area contributed by atoms with Crippen molar-refractivity contribution in [2.24, 2.45) is 0 Å². The molecule has 1 aliphatic heterocycles. The highest BCUT2D eigenvalue weighted by Crippen LogP contribution is 2.39. The standard InChI is InChI=1S/C27H36F2N8O2/c1-6-27(2,38)17-10-18(28)19(29)11-21(17)33-25-31-15-32-26(35-25)34-22-12-20(30)23(13-24(22)39-5)37-9-7-8-16(37)14-36(3)4/h10-13,15-16,38H,6-9,14,30H2,1-5H3,(H2,31,32,33,34,35)/t16-,27?/m0/s1. The molecular formula is C27H36F2N8O2. The third-order valence-corrected chi connectivity index (χ3v) is 7.01. The van der Waals surface area contributed by atoms with Crippen molar-refractivity contribution in [2.45, 2.75) is 44.8 Å². The number of methoxy groups -OCH3 is 1. The molecule has 2 heterocycles. The predicted molar refractivity (Wildman–Crippen MR) is 149 cm³/mol. The van der Waals surface area contributed by atoms with Gasteiger partial charge in [0.25, 0.3) is 0 Å². The predicted octanol–water partition coefficient (Wildman–Crippen LogP) is 4.38. The average molecular weight is 543 g/mol. The van der Waals surface area contributed by atoms with Gasteiger partial charge in [-0.1, -0.05) is 6.92 Å². The molecule has 2 atom stereocenters. The van der Waals surface area contributed by atoms with Crippen molar-refractivity contribution < 1.29 is 18.6 Å². The third-order valence-electron chi connectivity index (χ3n) is 7.01. The molecule has 0 saturated carbocycles. The first-order valence-corrected chi connectivity index (χ1v) is 12.9. The van der Waals surface area contributed by atoms with Crippen molar-refractivity contribution in [3.8, 4) is 5.75 Å². The van der Waals surface area contributed by atoms with E-state index in [0.29, 0.717) is 23.2 Å². The zero-order valence-corrected chi connectivity index (χ0v) is 22.9. The molecule has 39 heavy (non-hydrogen) atoms. The van der Waals surface area contributed by atoms with Gasteiger partial charge in [-0.25, -0.2) is 18.7 Å². The number of ether oxygens (including phenoxy) is 1. The number of nitrogens with zero attached hydrogens (tertiary/aromatic N) is 5. The molecule has 4 rings (SSSR count). The van der Waals surface area contributed by atoms with Gasteiger partial charge >= 0.3 is 0 Å². The number of likely N-dealkylation sites (N-methyl/N-ethyl adjacent to an activating group) is 1. The summed E-state index contributed by atoms with van der Waals surface area (Å²) in [5.74, 6) is -1.31. The molecule has 2 aromatic carbocycles. The zero-order valence-electron chi connectivity index (χ0n) is 22.9. The third kappa shape index (κ3) is 6.28. The molecule has 0 amide bonds. The smallest absolute Gasteiger partial charge is 0.232 e. The van der Waals surface area contributed by atoms with E-state index in [-0.39, 0.29) is 29.6 Å². The maximum absolute atomic E-state index is 14.1. The van der Waals surface area contributed by atoms with Crippen molar-refractivity contribution in [1.29, 1.82) is 0 Å². The number of hydrogen-bond acceptors (Lipinski definition) is 10. The largest absolute Gasteiger partial charge is 0.494 e. The summed E-state index contributed by atoms with van der Waals surface area (Å²) >= 11 is 0. The monoisotopic (exact) mass is 542 g/mol. The molecular weight excluding hydrogens is 506 g/mol. The maximum atomic E-state index is 14.1. The number of nitrogens with two attached hydrogens (primary N) is 1. The maximum Gasteiger partial charge on any atom is 0.232 e. The summed E-state index contributed by atoms with van der Waals surface area (Å²) in [6, 6.07) is 5.99.